The van der Waals surface area contributed by atoms with Crippen LogP contribution in [0.3, 0.4) is 0 Å². The molecule has 3 N–H and O–H groups in total. The Morgan fingerprint density at radius 2 is 2.15 bits per heavy atom. The lowest BCUT2D eigenvalue weighted by molar-refractivity contribution is 0.0908. The van der Waals surface area contributed by atoms with Crippen LogP contribution in [0.1, 0.15) is 36.4 Å². The van der Waals surface area contributed by atoms with Gasteiger partial charge in [0.2, 0.25) is 0 Å². The smallest absolute Gasteiger partial charge is 0.263 e. The van der Waals surface area contributed by atoms with Crippen LogP contribution in [0, 0.1) is 5.92 Å². The molecule has 5 heteroatoms. The van der Waals surface area contributed by atoms with Gasteiger partial charge in [0.25, 0.3) is 5.91 Å². The summed E-state index contributed by atoms with van der Waals surface area (Å²) in [7, 11) is 0. The van der Waals surface area contributed by atoms with Crippen molar-refractivity contribution in [2.75, 3.05) is 5.73 Å². The van der Waals surface area contributed by atoms with Crippen molar-refractivity contribution >= 4 is 44.6 Å². The molecule has 2 aromatic rings. The number of thiophene rings is 1. The number of hydrogen-bond acceptors (Lipinski definition) is 3. The van der Waals surface area contributed by atoms with Crippen LogP contribution in [-0.2, 0) is 0 Å². The molecule has 1 aliphatic carbocycles. The Bertz CT molecular complexity index is 688. The first kappa shape index (κ1) is 13.7. The molecule has 0 spiro atoms. The molecular weight excluding hydrogens is 292 g/mol. The number of carbonyl (C=O) groups is 1. The minimum absolute atomic E-state index is 0.0864. The van der Waals surface area contributed by atoms with E-state index in [1.165, 1.54) is 24.2 Å². The Morgan fingerprint density at radius 3 is 2.80 bits per heavy atom. The molecular formula is C15H17ClN2OS. The fourth-order valence-electron chi connectivity index (χ4n) is 2.51. The minimum Gasteiger partial charge on any atom is -0.397 e. The Balaban J connectivity index is 1.93. The molecule has 0 bridgehead atoms. The van der Waals surface area contributed by atoms with Gasteiger partial charge in [-0.15, -0.1) is 11.3 Å². The number of benzene rings is 1. The van der Waals surface area contributed by atoms with Gasteiger partial charge in [-0.2, -0.15) is 0 Å². The van der Waals surface area contributed by atoms with Gasteiger partial charge >= 0.3 is 0 Å². The van der Waals surface area contributed by atoms with Gasteiger partial charge in [-0.25, -0.2) is 0 Å². The Hall–Kier alpha value is -1.26. The monoisotopic (exact) mass is 308 g/mol. The number of fused-ring (bicyclic) bond motifs is 1. The van der Waals surface area contributed by atoms with Crippen molar-refractivity contribution in [2.45, 2.75) is 32.2 Å². The zero-order chi connectivity index (χ0) is 14.5. The summed E-state index contributed by atoms with van der Waals surface area (Å²) in [6, 6.07) is 5.53. The van der Waals surface area contributed by atoms with E-state index < -0.39 is 0 Å². The Labute approximate surface area is 127 Å². The minimum atomic E-state index is -0.169. The fraction of sp³-hybridized carbons (Fsp3) is 0.400. The maximum Gasteiger partial charge on any atom is 0.263 e. The third-order valence-electron chi connectivity index (χ3n) is 3.93. The van der Waals surface area contributed by atoms with Crippen molar-refractivity contribution in [1.82, 2.24) is 5.32 Å². The number of halogens is 1. The van der Waals surface area contributed by atoms with Gasteiger partial charge < -0.3 is 11.1 Å². The number of nitrogens with one attached hydrogen (secondary N) is 1. The van der Waals surface area contributed by atoms with Crippen molar-refractivity contribution in [2.24, 2.45) is 5.92 Å². The molecule has 1 fully saturated rings. The molecule has 1 amide bonds. The summed E-state index contributed by atoms with van der Waals surface area (Å²) in [5.74, 6) is 0.494. The number of nitrogens with two attached hydrogens (primary N) is 1. The average molecular weight is 309 g/mol. The number of amides is 1. The van der Waals surface area contributed by atoms with Crippen LogP contribution in [0.15, 0.2) is 18.2 Å². The molecule has 1 heterocycles. The molecule has 20 heavy (non-hydrogen) atoms. The molecule has 0 saturated heterocycles. The molecule has 3 nitrogen and oxygen atoms in total. The lowest BCUT2D eigenvalue weighted by Crippen LogP contribution is -2.45. The Kier molecular flexibility index (Phi) is 3.18. The molecule has 0 radical (unpaired) electrons. The second-order valence-electron chi connectivity index (χ2n) is 5.94. The first-order chi connectivity index (χ1) is 9.38. The molecule has 1 aliphatic rings. The third kappa shape index (κ3) is 2.38. The second kappa shape index (κ2) is 4.64. The first-order valence-electron chi connectivity index (χ1n) is 6.68. The summed E-state index contributed by atoms with van der Waals surface area (Å²) in [5, 5.41) is 4.60. The van der Waals surface area contributed by atoms with Crippen LogP contribution in [0.2, 0.25) is 5.02 Å². The number of anilines is 1. The van der Waals surface area contributed by atoms with Gasteiger partial charge in [0.1, 0.15) is 4.88 Å². The van der Waals surface area contributed by atoms with E-state index >= 15 is 0 Å². The van der Waals surface area contributed by atoms with Gasteiger partial charge in [0.15, 0.2) is 0 Å². The summed E-state index contributed by atoms with van der Waals surface area (Å²) in [6.45, 7) is 4.14. The van der Waals surface area contributed by atoms with Crippen molar-refractivity contribution in [1.29, 1.82) is 0 Å². The van der Waals surface area contributed by atoms with Crippen molar-refractivity contribution in [3.63, 3.8) is 0 Å². The summed E-state index contributed by atoms with van der Waals surface area (Å²) < 4.78 is 0.987. The summed E-state index contributed by atoms with van der Waals surface area (Å²) in [5.41, 5.74) is 6.47. The van der Waals surface area contributed by atoms with E-state index in [4.69, 9.17) is 17.3 Å². The Morgan fingerprint density at radius 1 is 1.45 bits per heavy atom. The molecule has 0 atom stereocenters. The van der Waals surface area contributed by atoms with E-state index in [-0.39, 0.29) is 11.4 Å². The molecule has 3 rings (SSSR count). The number of rotatable bonds is 3. The van der Waals surface area contributed by atoms with E-state index in [2.05, 4.69) is 19.2 Å². The zero-order valence-corrected chi connectivity index (χ0v) is 13.1. The molecule has 1 saturated carbocycles. The van der Waals surface area contributed by atoms with Gasteiger partial charge in [-0.1, -0.05) is 11.6 Å². The topological polar surface area (TPSA) is 55.1 Å². The fourth-order valence-corrected chi connectivity index (χ4v) is 3.68. The van der Waals surface area contributed by atoms with Gasteiger partial charge in [-0.05, 0) is 50.8 Å². The van der Waals surface area contributed by atoms with Crippen molar-refractivity contribution < 1.29 is 4.79 Å². The normalized spacial score (nSPS) is 15.6. The lowest BCUT2D eigenvalue weighted by atomic mass is 9.98. The van der Waals surface area contributed by atoms with Crippen molar-refractivity contribution in [3.8, 4) is 0 Å². The number of hydrogen-bond donors (Lipinski definition) is 2. The standard InChI is InChI=1S/C15H17ClN2OS/c1-15(2,8-3-4-8)18-14(19)13-12(17)10-7-9(16)5-6-11(10)20-13/h5-8H,3-4,17H2,1-2H3,(H,18,19). The van der Waals surface area contributed by atoms with Gasteiger partial charge in [0.05, 0.1) is 5.69 Å². The number of nitrogen functional groups attached to an aromatic ring is 1. The maximum atomic E-state index is 12.5. The highest BCUT2D eigenvalue weighted by Gasteiger charge is 2.39. The largest absolute Gasteiger partial charge is 0.397 e. The lowest BCUT2D eigenvalue weighted by Gasteiger charge is -2.25. The van der Waals surface area contributed by atoms with Crippen LogP contribution in [0.25, 0.3) is 10.1 Å². The second-order valence-corrected chi connectivity index (χ2v) is 7.42. The van der Waals surface area contributed by atoms with Crippen LogP contribution < -0.4 is 11.1 Å². The van der Waals surface area contributed by atoms with Crippen LogP contribution in [-0.4, -0.2) is 11.4 Å². The predicted octanol–water partition coefficient (Wildman–Crippen LogP) is 4.06. The van der Waals surface area contributed by atoms with E-state index in [0.717, 1.165) is 10.1 Å². The molecule has 0 aliphatic heterocycles. The highest BCUT2D eigenvalue weighted by atomic mass is 35.5. The van der Waals surface area contributed by atoms with Gasteiger partial charge in [-0.3, -0.25) is 4.79 Å². The van der Waals surface area contributed by atoms with Crippen LogP contribution in [0.5, 0.6) is 0 Å². The summed E-state index contributed by atoms with van der Waals surface area (Å²) in [6.07, 6.45) is 2.37. The molecule has 1 aromatic heterocycles. The SMILES string of the molecule is CC(C)(NC(=O)c1sc2ccc(Cl)cc2c1N)C1CC1. The maximum absolute atomic E-state index is 12.5. The molecule has 0 unspecified atom stereocenters. The van der Waals surface area contributed by atoms with Crippen molar-refractivity contribution in [3.05, 3.63) is 28.1 Å². The van der Waals surface area contributed by atoms with E-state index in [0.29, 0.717) is 21.5 Å². The van der Waals surface area contributed by atoms with E-state index in [9.17, 15) is 4.79 Å². The van der Waals surface area contributed by atoms with Crippen LogP contribution in [0.4, 0.5) is 5.69 Å². The summed E-state index contributed by atoms with van der Waals surface area (Å²) >= 11 is 7.40. The zero-order valence-electron chi connectivity index (χ0n) is 11.5. The quantitative estimate of drug-likeness (QED) is 0.898. The average Bonchev–Trinajstić information content (AvgIpc) is 3.16. The first-order valence-corrected chi connectivity index (χ1v) is 7.88. The molecule has 106 valence electrons. The summed E-state index contributed by atoms with van der Waals surface area (Å²) in [4.78, 5) is 13.0. The predicted molar refractivity (Wildman–Crippen MR) is 85.5 cm³/mol. The van der Waals surface area contributed by atoms with E-state index in [1.807, 2.05) is 18.2 Å². The third-order valence-corrected chi connectivity index (χ3v) is 5.35. The highest BCUT2D eigenvalue weighted by molar-refractivity contribution is 7.21. The number of carbonyl (C=O) groups excluding carboxylic acids is 1. The molecule has 1 aromatic carbocycles. The van der Waals surface area contributed by atoms with E-state index in [1.54, 1.807) is 0 Å². The highest BCUT2D eigenvalue weighted by Crippen LogP contribution is 2.40. The van der Waals surface area contributed by atoms with Gasteiger partial charge in [0, 0.05) is 20.6 Å². The van der Waals surface area contributed by atoms with Crippen LogP contribution >= 0.6 is 22.9 Å².